The van der Waals surface area contributed by atoms with E-state index < -0.39 is 18.0 Å². The van der Waals surface area contributed by atoms with Crippen LogP contribution in [0.3, 0.4) is 0 Å². The fraction of sp³-hybridized carbons (Fsp3) is 0.150. The van der Waals surface area contributed by atoms with Gasteiger partial charge in [0.1, 0.15) is 5.69 Å². The summed E-state index contributed by atoms with van der Waals surface area (Å²) in [5.74, 6) is -1.30. The Balaban J connectivity index is 1.64. The summed E-state index contributed by atoms with van der Waals surface area (Å²) in [6, 6.07) is 14.8. The molecule has 0 unspecified atom stereocenters. The Bertz CT molecular complexity index is 990. The molecule has 3 rings (SSSR count). The maximum atomic E-state index is 12.3. The third-order valence-corrected chi connectivity index (χ3v) is 3.98. The number of ether oxygens (including phenoxy) is 1. The molecular formula is C20H18N2O4. The lowest BCUT2D eigenvalue weighted by atomic mass is 10.1. The van der Waals surface area contributed by atoms with Crippen molar-refractivity contribution in [3.8, 4) is 0 Å². The number of amides is 1. The summed E-state index contributed by atoms with van der Waals surface area (Å²) in [5.41, 5.74) is 1.13. The molecule has 1 atom stereocenters. The number of hydrogen-bond donors (Lipinski definition) is 2. The molecule has 1 aromatic heterocycles. The first-order chi connectivity index (χ1) is 12.4. The molecule has 6 heteroatoms. The molecule has 2 N–H and O–H groups in total. The first kappa shape index (κ1) is 17.4. The van der Waals surface area contributed by atoms with E-state index in [0.29, 0.717) is 11.3 Å². The van der Waals surface area contributed by atoms with Gasteiger partial charge in [-0.2, -0.15) is 0 Å². The van der Waals surface area contributed by atoms with Crippen LogP contribution in [0.15, 0.2) is 54.7 Å². The summed E-state index contributed by atoms with van der Waals surface area (Å²) in [6.07, 6.45) is 0.441. The normalized spacial score (nSPS) is 11.8. The lowest BCUT2D eigenvalue weighted by Crippen LogP contribution is -2.30. The van der Waals surface area contributed by atoms with Crippen LogP contribution in [0.1, 0.15) is 34.7 Å². The largest absolute Gasteiger partial charge is 0.448 e. The molecule has 0 saturated carbocycles. The van der Waals surface area contributed by atoms with Gasteiger partial charge in [-0.3, -0.25) is 9.59 Å². The van der Waals surface area contributed by atoms with E-state index in [1.807, 2.05) is 36.4 Å². The molecule has 0 aliphatic heterocycles. The summed E-state index contributed by atoms with van der Waals surface area (Å²) in [4.78, 5) is 38.3. The van der Waals surface area contributed by atoms with Gasteiger partial charge < -0.3 is 15.0 Å². The number of aromatic nitrogens is 1. The van der Waals surface area contributed by atoms with Crippen molar-refractivity contribution in [2.24, 2.45) is 0 Å². The highest BCUT2D eigenvalue weighted by atomic mass is 16.5. The number of carbonyl (C=O) groups is 3. The Morgan fingerprint density at radius 3 is 2.46 bits per heavy atom. The van der Waals surface area contributed by atoms with Crippen molar-refractivity contribution < 1.29 is 19.1 Å². The third-order valence-electron chi connectivity index (χ3n) is 3.98. The molecule has 2 aromatic carbocycles. The smallest absolute Gasteiger partial charge is 0.355 e. The molecule has 1 heterocycles. The minimum absolute atomic E-state index is 0.126. The second kappa shape index (κ2) is 7.23. The quantitative estimate of drug-likeness (QED) is 0.544. The van der Waals surface area contributed by atoms with Gasteiger partial charge in [0.15, 0.2) is 11.9 Å². The zero-order valence-electron chi connectivity index (χ0n) is 14.4. The van der Waals surface area contributed by atoms with Crippen LogP contribution in [0.4, 0.5) is 5.69 Å². The molecular weight excluding hydrogens is 332 g/mol. The highest BCUT2D eigenvalue weighted by Gasteiger charge is 2.20. The van der Waals surface area contributed by atoms with Crippen LogP contribution >= 0.6 is 0 Å². The number of Topliss-reactive ketones (excluding diaryl/α,β-unsaturated/α-hetero) is 1. The molecule has 3 aromatic rings. The number of H-pyrrole nitrogens is 1. The van der Waals surface area contributed by atoms with Crippen LogP contribution in [0.25, 0.3) is 10.8 Å². The van der Waals surface area contributed by atoms with Crippen molar-refractivity contribution in [2.75, 3.05) is 5.32 Å². The van der Waals surface area contributed by atoms with Gasteiger partial charge >= 0.3 is 5.97 Å². The standard InChI is InChI=1S/C20H18N2O4/c1-12(23)16-10-18(21-11-16)20(25)26-13(2)19(24)22-17-8-7-14-5-3-4-6-15(14)9-17/h3-11,13,21H,1-2H3,(H,22,24)/t13-/m1/s1. The van der Waals surface area contributed by atoms with Crippen molar-refractivity contribution in [3.63, 3.8) is 0 Å². The Kier molecular flexibility index (Phi) is 4.84. The molecule has 6 nitrogen and oxygen atoms in total. The SMILES string of the molecule is CC(=O)c1c[nH]c(C(=O)O[C@H](C)C(=O)Nc2ccc3ccccc3c2)c1. The Labute approximate surface area is 150 Å². The molecule has 132 valence electrons. The summed E-state index contributed by atoms with van der Waals surface area (Å²) in [7, 11) is 0. The van der Waals surface area contributed by atoms with Gasteiger partial charge in [-0.25, -0.2) is 4.79 Å². The van der Waals surface area contributed by atoms with Crippen LogP contribution in [-0.4, -0.2) is 28.7 Å². The minimum atomic E-state index is -0.988. The zero-order valence-corrected chi connectivity index (χ0v) is 14.4. The molecule has 0 radical (unpaired) electrons. The van der Waals surface area contributed by atoms with Crippen molar-refractivity contribution in [1.82, 2.24) is 4.98 Å². The van der Waals surface area contributed by atoms with Gasteiger partial charge in [0, 0.05) is 17.4 Å². The van der Waals surface area contributed by atoms with Gasteiger partial charge in [-0.15, -0.1) is 0 Å². The summed E-state index contributed by atoms with van der Waals surface area (Å²) in [5, 5.41) is 4.80. The zero-order chi connectivity index (χ0) is 18.7. The molecule has 0 aliphatic carbocycles. The van der Waals surface area contributed by atoms with Gasteiger partial charge in [0.05, 0.1) is 0 Å². The van der Waals surface area contributed by atoms with E-state index in [9.17, 15) is 14.4 Å². The average molecular weight is 350 g/mol. The number of aromatic amines is 1. The number of anilines is 1. The van der Waals surface area contributed by atoms with Gasteiger partial charge in [-0.05, 0) is 42.8 Å². The number of rotatable bonds is 5. The Morgan fingerprint density at radius 1 is 1.04 bits per heavy atom. The van der Waals surface area contributed by atoms with Crippen LogP contribution in [0, 0.1) is 0 Å². The van der Waals surface area contributed by atoms with E-state index >= 15 is 0 Å². The number of ketones is 1. The van der Waals surface area contributed by atoms with Gasteiger partial charge in [-0.1, -0.05) is 30.3 Å². The number of nitrogens with one attached hydrogen (secondary N) is 2. The second-order valence-corrected chi connectivity index (χ2v) is 5.96. The minimum Gasteiger partial charge on any atom is -0.448 e. The molecule has 0 bridgehead atoms. The van der Waals surface area contributed by atoms with Crippen molar-refractivity contribution in [1.29, 1.82) is 0 Å². The third kappa shape index (κ3) is 3.80. The lowest BCUT2D eigenvalue weighted by Gasteiger charge is -2.13. The Morgan fingerprint density at radius 2 is 1.77 bits per heavy atom. The van der Waals surface area contributed by atoms with Gasteiger partial charge in [0.2, 0.25) is 0 Å². The van der Waals surface area contributed by atoms with Crippen LogP contribution in [-0.2, 0) is 9.53 Å². The van der Waals surface area contributed by atoms with Crippen molar-refractivity contribution in [2.45, 2.75) is 20.0 Å². The monoisotopic (exact) mass is 350 g/mol. The molecule has 26 heavy (non-hydrogen) atoms. The van der Waals surface area contributed by atoms with Crippen molar-refractivity contribution >= 4 is 34.1 Å². The van der Waals surface area contributed by atoms with Crippen LogP contribution in [0.2, 0.25) is 0 Å². The van der Waals surface area contributed by atoms with E-state index in [0.717, 1.165) is 10.8 Å². The molecule has 0 saturated heterocycles. The predicted molar refractivity (Wildman–Crippen MR) is 98.3 cm³/mol. The van der Waals surface area contributed by atoms with Gasteiger partial charge in [0.25, 0.3) is 5.91 Å². The van der Waals surface area contributed by atoms with Crippen LogP contribution in [0.5, 0.6) is 0 Å². The van der Waals surface area contributed by atoms with E-state index in [-0.39, 0.29) is 11.5 Å². The first-order valence-corrected chi connectivity index (χ1v) is 8.14. The summed E-state index contributed by atoms with van der Waals surface area (Å²) < 4.78 is 5.16. The Hall–Kier alpha value is -3.41. The summed E-state index contributed by atoms with van der Waals surface area (Å²) in [6.45, 7) is 2.89. The van der Waals surface area contributed by atoms with E-state index in [2.05, 4.69) is 10.3 Å². The van der Waals surface area contributed by atoms with E-state index in [1.54, 1.807) is 6.07 Å². The molecule has 0 spiro atoms. The first-order valence-electron chi connectivity index (χ1n) is 8.14. The fourth-order valence-corrected chi connectivity index (χ4v) is 2.50. The number of hydrogen-bond acceptors (Lipinski definition) is 4. The van der Waals surface area contributed by atoms with E-state index in [1.165, 1.54) is 26.1 Å². The molecule has 0 aliphatic rings. The average Bonchev–Trinajstić information content (AvgIpc) is 3.12. The number of carbonyl (C=O) groups excluding carboxylic acids is 3. The number of benzene rings is 2. The number of fused-ring (bicyclic) bond motifs is 1. The van der Waals surface area contributed by atoms with Crippen molar-refractivity contribution in [3.05, 3.63) is 66.0 Å². The molecule has 0 fully saturated rings. The summed E-state index contributed by atoms with van der Waals surface area (Å²) >= 11 is 0. The number of esters is 1. The van der Waals surface area contributed by atoms with Crippen LogP contribution < -0.4 is 5.32 Å². The lowest BCUT2D eigenvalue weighted by molar-refractivity contribution is -0.123. The fourth-order valence-electron chi connectivity index (χ4n) is 2.50. The topological polar surface area (TPSA) is 88.3 Å². The highest BCUT2D eigenvalue weighted by Crippen LogP contribution is 2.19. The second-order valence-electron chi connectivity index (χ2n) is 5.96. The van der Waals surface area contributed by atoms with E-state index in [4.69, 9.17) is 4.74 Å². The maximum absolute atomic E-state index is 12.3. The maximum Gasteiger partial charge on any atom is 0.355 e. The highest BCUT2D eigenvalue weighted by molar-refractivity contribution is 6.00. The molecule has 1 amide bonds. The predicted octanol–water partition coefficient (Wildman–Crippen LogP) is 3.55.